The minimum Gasteiger partial charge on any atom is -0.452 e. The number of carbonyl (C=O) groups excluding carboxylic acids is 2. The van der Waals surface area contributed by atoms with Gasteiger partial charge in [-0.2, -0.15) is 0 Å². The number of esters is 1. The Hall–Kier alpha value is -2.92. The number of Topliss-reactive ketones (excluding diaryl/α,β-unsaturated/α-hetero) is 1. The predicted octanol–water partition coefficient (Wildman–Crippen LogP) is 4.00. The minimum atomic E-state index is -0.517. The van der Waals surface area contributed by atoms with Crippen LogP contribution in [0.25, 0.3) is 6.08 Å². The molecule has 0 amide bonds. The molecule has 4 rings (SSSR count). The van der Waals surface area contributed by atoms with Gasteiger partial charge in [-0.25, -0.2) is 4.79 Å². The smallest absolute Gasteiger partial charge is 0.340 e. The van der Waals surface area contributed by atoms with Gasteiger partial charge in [0.05, 0.1) is 5.56 Å². The molecular formula is C22H20O5. The monoisotopic (exact) mass is 364 g/mol. The molecule has 0 aliphatic carbocycles. The second-order valence-corrected chi connectivity index (χ2v) is 6.78. The Morgan fingerprint density at radius 2 is 2.00 bits per heavy atom. The lowest BCUT2D eigenvalue weighted by atomic mass is 10.0. The van der Waals surface area contributed by atoms with E-state index in [4.69, 9.17) is 14.2 Å². The van der Waals surface area contributed by atoms with Crippen LogP contribution in [0, 0.1) is 13.8 Å². The summed E-state index contributed by atoms with van der Waals surface area (Å²) in [5.74, 6) is 0.519. The quantitative estimate of drug-likeness (QED) is 0.468. The largest absolute Gasteiger partial charge is 0.452 e. The highest BCUT2D eigenvalue weighted by Gasteiger charge is 2.32. The summed E-state index contributed by atoms with van der Waals surface area (Å²) in [6.45, 7) is 4.33. The average molecular weight is 364 g/mol. The Balaban J connectivity index is 1.61. The van der Waals surface area contributed by atoms with Gasteiger partial charge < -0.3 is 14.2 Å². The van der Waals surface area contributed by atoms with Gasteiger partial charge in [0.25, 0.3) is 0 Å². The van der Waals surface area contributed by atoms with Gasteiger partial charge in [0.2, 0.25) is 5.78 Å². The van der Waals surface area contributed by atoms with E-state index in [1.54, 1.807) is 25.1 Å². The summed E-state index contributed by atoms with van der Waals surface area (Å²) in [6, 6.07) is 11.1. The maximum absolute atomic E-state index is 12.7. The van der Waals surface area contributed by atoms with E-state index in [0.717, 1.165) is 17.5 Å². The third kappa shape index (κ3) is 3.26. The lowest BCUT2D eigenvalue weighted by molar-refractivity contribution is -0.144. The zero-order chi connectivity index (χ0) is 19.0. The molecule has 1 saturated heterocycles. The highest BCUT2D eigenvalue weighted by Crippen LogP contribution is 2.39. The molecule has 1 fully saturated rings. The molecule has 5 nitrogen and oxygen atoms in total. The predicted molar refractivity (Wildman–Crippen MR) is 99.9 cm³/mol. The number of fused-ring (bicyclic) bond motifs is 1. The number of hydrogen-bond donors (Lipinski definition) is 0. The van der Waals surface area contributed by atoms with E-state index in [2.05, 4.69) is 0 Å². The fraction of sp³-hybridized carbons (Fsp3) is 0.273. The van der Waals surface area contributed by atoms with Gasteiger partial charge in [-0.15, -0.1) is 0 Å². The van der Waals surface area contributed by atoms with Gasteiger partial charge >= 0.3 is 5.97 Å². The summed E-state index contributed by atoms with van der Waals surface area (Å²) >= 11 is 0. The molecule has 2 aliphatic rings. The van der Waals surface area contributed by atoms with Crippen molar-refractivity contribution in [2.75, 3.05) is 6.61 Å². The first kappa shape index (κ1) is 17.5. The number of benzene rings is 2. The van der Waals surface area contributed by atoms with E-state index >= 15 is 0 Å². The SMILES string of the molecule is Cc1ccccc1/C=C1\Oc2c(ccc(OC(=O)C3CCCO3)c2C)C1=O. The Morgan fingerprint density at radius 3 is 2.74 bits per heavy atom. The van der Waals surface area contributed by atoms with Crippen LogP contribution in [-0.2, 0) is 9.53 Å². The summed E-state index contributed by atoms with van der Waals surface area (Å²) in [5.41, 5.74) is 3.08. The third-order valence-electron chi connectivity index (χ3n) is 4.91. The van der Waals surface area contributed by atoms with E-state index in [9.17, 15) is 9.59 Å². The van der Waals surface area contributed by atoms with Crippen LogP contribution in [0.2, 0.25) is 0 Å². The molecule has 5 heteroatoms. The van der Waals surface area contributed by atoms with Crippen molar-refractivity contribution in [2.45, 2.75) is 32.8 Å². The van der Waals surface area contributed by atoms with Gasteiger partial charge in [0.15, 0.2) is 11.9 Å². The molecule has 0 spiro atoms. The number of ether oxygens (including phenoxy) is 3. The van der Waals surface area contributed by atoms with E-state index < -0.39 is 12.1 Å². The summed E-state index contributed by atoms with van der Waals surface area (Å²) < 4.78 is 16.7. The molecule has 2 aliphatic heterocycles. The molecule has 2 aromatic carbocycles. The maximum atomic E-state index is 12.7. The highest BCUT2D eigenvalue weighted by atomic mass is 16.6. The van der Waals surface area contributed by atoms with E-state index in [1.807, 2.05) is 31.2 Å². The molecule has 1 unspecified atom stereocenters. The number of ketones is 1. The first-order chi connectivity index (χ1) is 13.0. The van der Waals surface area contributed by atoms with Gasteiger partial charge in [-0.3, -0.25) is 4.79 Å². The number of carbonyl (C=O) groups is 2. The Kier molecular flexibility index (Phi) is 4.54. The van der Waals surface area contributed by atoms with E-state index in [-0.39, 0.29) is 11.5 Å². The van der Waals surface area contributed by atoms with Crippen molar-refractivity contribution in [3.8, 4) is 11.5 Å². The lowest BCUT2D eigenvalue weighted by Gasteiger charge is -2.12. The van der Waals surface area contributed by atoms with Crippen LogP contribution in [0.3, 0.4) is 0 Å². The summed E-state index contributed by atoms with van der Waals surface area (Å²) in [6.07, 6.45) is 2.75. The first-order valence-electron chi connectivity index (χ1n) is 9.01. The average Bonchev–Trinajstić information content (AvgIpc) is 3.29. The second-order valence-electron chi connectivity index (χ2n) is 6.78. The van der Waals surface area contributed by atoms with Gasteiger partial charge in [-0.1, -0.05) is 24.3 Å². The Morgan fingerprint density at radius 1 is 1.19 bits per heavy atom. The zero-order valence-electron chi connectivity index (χ0n) is 15.3. The van der Waals surface area contributed by atoms with Crippen LogP contribution in [0.4, 0.5) is 0 Å². The number of hydrogen-bond acceptors (Lipinski definition) is 5. The van der Waals surface area contributed by atoms with Gasteiger partial charge in [0.1, 0.15) is 11.5 Å². The first-order valence-corrected chi connectivity index (χ1v) is 9.01. The lowest BCUT2D eigenvalue weighted by Crippen LogP contribution is -2.25. The summed E-state index contributed by atoms with van der Waals surface area (Å²) in [5, 5.41) is 0. The van der Waals surface area contributed by atoms with Crippen molar-refractivity contribution in [3.63, 3.8) is 0 Å². The highest BCUT2D eigenvalue weighted by molar-refractivity contribution is 6.15. The normalized spacial score (nSPS) is 19.9. The molecule has 0 bridgehead atoms. The number of allylic oxidation sites excluding steroid dienone is 1. The van der Waals surface area contributed by atoms with Crippen LogP contribution in [0.15, 0.2) is 42.2 Å². The molecule has 2 heterocycles. The Bertz CT molecular complexity index is 951. The summed E-state index contributed by atoms with van der Waals surface area (Å²) in [4.78, 5) is 24.9. The minimum absolute atomic E-state index is 0.173. The van der Waals surface area contributed by atoms with Crippen LogP contribution >= 0.6 is 0 Å². The standard InChI is InChI=1S/C22H20O5/c1-13-6-3-4-7-15(13)12-19-20(23)16-9-10-17(14(2)21(16)26-19)27-22(24)18-8-5-11-25-18/h3-4,6-7,9-10,12,18H,5,8,11H2,1-2H3/b19-12-. The fourth-order valence-electron chi connectivity index (χ4n) is 3.31. The molecule has 27 heavy (non-hydrogen) atoms. The third-order valence-corrected chi connectivity index (χ3v) is 4.91. The van der Waals surface area contributed by atoms with Crippen molar-refractivity contribution in [3.05, 3.63) is 64.4 Å². The number of aryl methyl sites for hydroxylation is 1. The van der Waals surface area contributed by atoms with E-state index in [0.29, 0.717) is 35.7 Å². The van der Waals surface area contributed by atoms with Crippen molar-refractivity contribution in [2.24, 2.45) is 0 Å². The van der Waals surface area contributed by atoms with Gasteiger partial charge in [0, 0.05) is 12.2 Å². The molecule has 0 aromatic heterocycles. The topological polar surface area (TPSA) is 61.8 Å². The van der Waals surface area contributed by atoms with Gasteiger partial charge in [-0.05, 0) is 56.0 Å². The van der Waals surface area contributed by atoms with Crippen LogP contribution in [-0.4, -0.2) is 24.5 Å². The van der Waals surface area contributed by atoms with E-state index in [1.165, 1.54) is 0 Å². The summed E-state index contributed by atoms with van der Waals surface area (Å²) in [7, 11) is 0. The van der Waals surface area contributed by atoms with Crippen molar-refractivity contribution >= 4 is 17.8 Å². The Labute approximate surface area is 157 Å². The second kappa shape index (κ2) is 7.00. The number of rotatable bonds is 3. The van der Waals surface area contributed by atoms with Crippen LogP contribution in [0.1, 0.15) is 39.9 Å². The molecule has 138 valence electrons. The zero-order valence-corrected chi connectivity index (χ0v) is 15.3. The molecule has 0 radical (unpaired) electrons. The molecular weight excluding hydrogens is 344 g/mol. The molecule has 2 aromatic rings. The maximum Gasteiger partial charge on any atom is 0.340 e. The fourth-order valence-corrected chi connectivity index (χ4v) is 3.31. The van der Waals surface area contributed by atoms with Crippen LogP contribution < -0.4 is 9.47 Å². The molecule has 1 atom stereocenters. The van der Waals surface area contributed by atoms with Crippen molar-refractivity contribution in [1.29, 1.82) is 0 Å². The molecule has 0 N–H and O–H groups in total. The van der Waals surface area contributed by atoms with Crippen LogP contribution in [0.5, 0.6) is 11.5 Å². The van der Waals surface area contributed by atoms with Crippen molar-refractivity contribution < 1.29 is 23.8 Å². The van der Waals surface area contributed by atoms with Crippen molar-refractivity contribution in [1.82, 2.24) is 0 Å². The molecule has 0 saturated carbocycles.